The molecule has 5 nitrogen and oxygen atoms in total. The molecule has 80 heavy (non-hydrogen) atoms. The first kappa shape index (κ1) is 55.9. The summed E-state index contributed by atoms with van der Waals surface area (Å²) < 4.78 is 9.58. The van der Waals surface area contributed by atoms with Crippen molar-refractivity contribution < 1.29 is 4.74 Å². The quantitative estimate of drug-likeness (QED) is 0.129. The van der Waals surface area contributed by atoms with E-state index in [1.165, 1.54) is 67.0 Å². The average molecular weight is 1060 g/mol. The van der Waals surface area contributed by atoms with Crippen molar-refractivity contribution in [1.29, 1.82) is 0 Å². The molecule has 10 rings (SSSR count). The van der Waals surface area contributed by atoms with Crippen LogP contribution in [0.25, 0.3) is 27.6 Å². The molecule has 1 aliphatic heterocycles. The minimum atomic E-state index is -0.267. The van der Waals surface area contributed by atoms with Gasteiger partial charge in [-0.15, -0.1) is 0 Å². The van der Waals surface area contributed by atoms with E-state index in [2.05, 4.69) is 315 Å². The van der Waals surface area contributed by atoms with Gasteiger partial charge in [0.2, 0.25) is 0 Å². The van der Waals surface area contributed by atoms with E-state index in [1.807, 2.05) is 6.20 Å². The van der Waals surface area contributed by atoms with Gasteiger partial charge < -0.3 is 14.5 Å². The summed E-state index contributed by atoms with van der Waals surface area (Å²) in [6.45, 7) is 42.8. The largest absolute Gasteiger partial charge is 0.457 e. The minimum absolute atomic E-state index is 0.0546. The smallest absolute Gasteiger partial charge is 0.137 e. The van der Waals surface area contributed by atoms with E-state index in [9.17, 15) is 0 Å². The van der Waals surface area contributed by atoms with E-state index in [-0.39, 0.29) is 37.9 Å². The zero-order valence-corrected chi connectivity index (χ0v) is 51.2. The summed E-state index contributed by atoms with van der Waals surface area (Å²) in [7, 11) is 0. The Bertz CT molecular complexity index is 3700. The highest BCUT2D eigenvalue weighted by Gasteiger charge is 2.43. The number of hydrogen-bond donors (Lipinski definition) is 0. The fourth-order valence-electron chi connectivity index (χ4n) is 12.1. The van der Waals surface area contributed by atoms with Crippen molar-refractivity contribution in [2.75, 3.05) is 16.5 Å². The summed E-state index contributed by atoms with van der Waals surface area (Å²) in [5.41, 5.74) is 15.8. The first-order chi connectivity index (χ1) is 37.4. The average Bonchev–Trinajstić information content (AvgIpc) is 4.23. The van der Waals surface area contributed by atoms with Crippen molar-refractivity contribution >= 4 is 33.2 Å². The Morgan fingerprint density at radius 3 is 1.30 bits per heavy atom. The molecule has 412 valence electrons. The summed E-state index contributed by atoms with van der Waals surface area (Å²) >= 11 is 0. The first-order valence-electron chi connectivity index (χ1n) is 29.0. The van der Waals surface area contributed by atoms with Gasteiger partial charge in [0.1, 0.15) is 17.3 Å². The zero-order valence-electron chi connectivity index (χ0n) is 51.2. The second kappa shape index (κ2) is 20.0. The Morgan fingerprint density at radius 1 is 0.338 bits per heavy atom. The molecule has 0 radical (unpaired) electrons. The summed E-state index contributed by atoms with van der Waals surface area (Å²) in [5.74, 6) is 2.46. The number of nitrogens with zero attached hydrogens (tertiary/aromatic N) is 4. The van der Waals surface area contributed by atoms with Crippen molar-refractivity contribution in [3.8, 4) is 17.3 Å². The highest BCUT2D eigenvalue weighted by atomic mass is 16.5. The maximum Gasteiger partial charge on any atom is 0.137 e. The molecule has 0 N–H and O–H groups in total. The van der Waals surface area contributed by atoms with Gasteiger partial charge in [-0.3, -0.25) is 4.57 Å². The molecule has 0 saturated heterocycles. The van der Waals surface area contributed by atoms with Crippen molar-refractivity contribution in [3.05, 3.63) is 238 Å². The second-order valence-corrected chi connectivity index (χ2v) is 28.4. The minimum Gasteiger partial charge on any atom is -0.457 e. The van der Waals surface area contributed by atoms with Gasteiger partial charge >= 0.3 is 0 Å². The number of rotatable bonds is 11. The van der Waals surface area contributed by atoms with E-state index >= 15 is 0 Å². The van der Waals surface area contributed by atoms with Gasteiger partial charge in [-0.1, -0.05) is 228 Å². The number of pyridine rings is 1. The molecule has 9 aromatic rings. The fourth-order valence-corrected chi connectivity index (χ4v) is 12.1. The molecular formula is C75H86N4O. The van der Waals surface area contributed by atoms with Crippen LogP contribution in [0.1, 0.15) is 169 Å². The molecule has 0 atom stereocenters. The van der Waals surface area contributed by atoms with E-state index < -0.39 is 0 Å². The summed E-state index contributed by atoms with van der Waals surface area (Å²) in [5, 5.41) is 2.34. The van der Waals surface area contributed by atoms with Crippen molar-refractivity contribution in [1.82, 2.24) is 9.55 Å². The fraction of sp³-hybridized carbons (Fsp3) is 0.347. The number of ether oxygens (including phenoxy) is 1. The van der Waals surface area contributed by atoms with Gasteiger partial charge in [0.05, 0.1) is 17.7 Å². The van der Waals surface area contributed by atoms with Crippen LogP contribution in [0.3, 0.4) is 0 Å². The van der Waals surface area contributed by atoms with E-state index in [0.29, 0.717) is 6.67 Å². The molecule has 0 saturated carbocycles. The molecule has 3 heterocycles. The lowest BCUT2D eigenvalue weighted by Gasteiger charge is -2.36. The van der Waals surface area contributed by atoms with Crippen molar-refractivity contribution in [3.63, 3.8) is 0 Å². The molecule has 0 spiro atoms. The molecule has 0 fully saturated rings. The summed E-state index contributed by atoms with van der Waals surface area (Å²) in [6.07, 6.45) is 1.96. The van der Waals surface area contributed by atoms with E-state index in [1.54, 1.807) is 0 Å². The van der Waals surface area contributed by atoms with Crippen LogP contribution in [0.5, 0.6) is 11.5 Å². The number of anilines is 2. The van der Waals surface area contributed by atoms with Crippen LogP contribution in [-0.2, 0) is 27.1 Å². The number of hydrogen-bond acceptors (Lipinski definition) is 4. The lowest BCUT2D eigenvalue weighted by atomic mass is 9.73. The highest BCUT2D eigenvalue weighted by molar-refractivity contribution is 6.10. The van der Waals surface area contributed by atoms with Crippen LogP contribution < -0.4 is 14.5 Å². The molecule has 0 unspecified atom stereocenters. The number of allylic oxidation sites excluding steroid dienone is 2. The predicted octanol–water partition coefficient (Wildman–Crippen LogP) is 20.1. The van der Waals surface area contributed by atoms with Gasteiger partial charge in [0.15, 0.2) is 0 Å². The van der Waals surface area contributed by atoms with Crippen LogP contribution in [0.4, 0.5) is 11.4 Å². The maximum absolute atomic E-state index is 7.25. The van der Waals surface area contributed by atoms with Gasteiger partial charge in [-0.2, -0.15) is 0 Å². The molecular weight excluding hydrogens is 973 g/mol. The Morgan fingerprint density at radius 2 is 0.812 bits per heavy atom. The Kier molecular flexibility index (Phi) is 14.0. The predicted molar refractivity (Wildman–Crippen MR) is 340 cm³/mol. The van der Waals surface area contributed by atoms with Gasteiger partial charge in [0, 0.05) is 78.9 Å². The third-order valence-corrected chi connectivity index (χ3v) is 17.2. The van der Waals surface area contributed by atoms with Gasteiger partial charge in [-0.05, 0) is 116 Å². The van der Waals surface area contributed by atoms with Crippen molar-refractivity contribution in [2.45, 2.75) is 152 Å². The third-order valence-electron chi connectivity index (χ3n) is 17.2. The molecule has 7 aromatic carbocycles. The first-order valence-corrected chi connectivity index (χ1v) is 29.0. The number of aromatic nitrogens is 2. The Balaban J connectivity index is 1.12. The topological polar surface area (TPSA) is 33.5 Å². The van der Waals surface area contributed by atoms with Crippen molar-refractivity contribution in [2.24, 2.45) is 10.8 Å². The normalized spacial score (nSPS) is 14.2. The van der Waals surface area contributed by atoms with Crippen LogP contribution in [0.2, 0.25) is 0 Å². The molecule has 2 aromatic heterocycles. The lowest BCUT2D eigenvalue weighted by Crippen LogP contribution is -2.32. The molecule has 0 aliphatic carbocycles. The zero-order chi connectivity index (χ0) is 57.5. The van der Waals surface area contributed by atoms with Crippen LogP contribution in [0, 0.1) is 10.8 Å². The number of benzene rings is 7. The summed E-state index contributed by atoms with van der Waals surface area (Å²) in [4.78, 5) is 10.3. The van der Waals surface area contributed by atoms with E-state index in [0.717, 1.165) is 39.4 Å². The van der Waals surface area contributed by atoms with Gasteiger partial charge in [0.25, 0.3) is 0 Å². The Hall–Kier alpha value is -7.37. The molecule has 0 amide bonds. The van der Waals surface area contributed by atoms with Crippen LogP contribution in [0.15, 0.2) is 194 Å². The van der Waals surface area contributed by atoms with Gasteiger partial charge in [-0.25, -0.2) is 4.98 Å². The molecule has 1 aliphatic rings. The highest BCUT2D eigenvalue weighted by Crippen LogP contribution is 2.51. The number of fused-ring (bicyclic) bond motifs is 3. The van der Waals surface area contributed by atoms with Crippen LogP contribution in [-0.4, -0.2) is 16.2 Å². The maximum atomic E-state index is 7.25. The SMILES string of the molecule is CC(C)(C)C1=C(C(C)(C)C)N(c2cc(C(C)(C)c3ccccc3)cc(C(C)(C)c3ccccc3)c2)CN1c1cc(Oc2ccc3c4cc(C(C)(C)c5ccccc5)ccc4n(-c4cc(C(C)(C)C)ccn4)c3c2)cc(C(C)(C)C)c1. The molecule has 5 heteroatoms. The van der Waals surface area contributed by atoms with E-state index in [4.69, 9.17) is 9.72 Å². The monoisotopic (exact) mass is 1060 g/mol. The Labute approximate surface area is 479 Å². The molecule has 0 bridgehead atoms. The lowest BCUT2D eigenvalue weighted by molar-refractivity contribution is 0.444. The van der Waals surface area contributed by atoms with Crippen LogP contribution >= 0.6 is 0 Å². The second-order valence-electron chi connectivity index (χ2n) is 28.4. The summed E-state index contributed by atoms with van der Waals surface area (Å²) in [6, 6.07) is 65.2. The standard InChI is InChI=1S/C75H86N4O/c1-69(2,3)53-38-39-76-66(46-53)79-64-37-34-54(73(13,14)50-28-22-19-23-29-50)45-63(64)62-36-35-60(48-65(62)79)80-61-44-55(70(4,5)6)41-59(47-61)78-49-77(67(71(7,8)9)68(78)72(10,11)12)58-42-56(74(15,16)51-30-24-20-25-31-51)40-57(43-58)75(17,18)52-32-26-21-27-33-52/h19-48H,49H2,1-18H3. The third kappa shape index (κ3) is 10.5.